The van der Waals surface area contributed by atoms with Gasteiger partial charge in [-0.25, -0.2) is 0 Å². The third kappa shape index (κ3) is 6.82. The molecule has 2 heterocycles. The van der Waals surface area contributed by atoms with Crippen LogP contribution < -0.4 is 4.74 Å². The van der Waals surface area contributed by atoms with E-state index in [1.54, 1.807) is 7.11 Å². The molecule has 0 radical (unpaired) electrons. The van der Waals surface area contributed by atoms with Crippen LogP contribution in [0.25, 0.3) is 0 Å². The predicted octanol–water partition coefficient (Wildman–Crippen LogP) is 3.85. The van der Waals surface area contributed by atoms with Gasteiger partial charge in [-0.1, -0.05) is 13.8 Å². The van der Waals surface area contributed by atoms with Crippen molar-refractivity contribution in [1.29, 1.82) is 0 Å². The highest BCUT2D eigenvalue weighted by Crippen LogP contribution is 2.29. The first-order valence-electron chi connectivity index (χ1n) is 13.0. The van der Waals surface area contributed by atoms with Crippen molar-refractivity contribution in [3.8, 4) is 5.75 Å². The first kappa shape index (κ1) is 27.2. The third-order valence-corrected chi connectivity index (χ3v) is 10.1. The van der Waals surface area contributed by atoms with Gasteiger partial charge in [-0.15, -0.1) is 0 Å². The van der Waals surface area contributed by atoms with Gasteiger partial charge in [0.1, 0.15) is 5.75 Å². The molecule has 0 saturated carbocycles. The number of piperidine rings is 1. The van der Waals surface area contributed by atoms with Crippen LogP contribution in [0.2, 0.25) is 0 Å². The molecule has 1 aromatic carbocycles. The molecule has 2 fully saturated rings. The fourth-order valence-electron chi connectivity index (χ4n) is 5.41. The molecule has 3 rings (SSSR count). The maximum Gasteiger partial charge on any atom is 0.222 e. The maximum atomic E-state index is 13.3. The predicted molar refractivity (Wildman–Crippen MR) is 140 cm³/mol. The monoisotopic (exact) mass is 491 g/mol. The lowest BCUT2D eigenvalue weighted by Crippen LogP contribution is -2.54. The van der Waals surface area contributed by atoms with Gasteiger partial charge in [0.2, 0.25) is 5.91 Å². The Morgan fingerprint density at radius 1 is 1.06 bits per heavy atom. The fourth-order valence-corrected chi connectivity index (χ4v) is 7.09. The minimum atomic E-state index is -1.08. The van der Waals surface area contributed by atoms with E-state index in [2.05, 4.69) is 35.6 Å². The lowest BCUT2D eigenvalue weighted by molar-refractivity contribution is -0.133. The van der Waals surface area contributed by atoms with Crippen molar-refractivity contribution in [1.82, 2.24) is 14.7 Å². The van der Waals surface area contributed by atoms with Crippen molar-refractivity contribution in [2.24, 2.45) is 5.92 Å². The van der Waals surface area contributed by atoms with Gasteiger partial charge in [0.05, 0.1) is 17.9 Å². The summed E-state index contributed by atoms with van der Waals surface area (Å²) in [7, 11) is 2.78. The number of hydrogen-bond acceptors (Lipinski definition) is 5. The van der Waals surface area contributed by atoms with E-state index in [-0.39, 0.29) is 17.1 Å². The summed E-state index contributed by atoms with van der Waals surface area (Å²) in [4.78, 5) is 20.8. The summed E-state index contributed by atoms with van der Waals surface area (Å²) >= 11 is 0. The number of nitrogens with zero attached hydrogens (tertiary/aromatic N) is 3. The molecule has 3 unspecified atom stereocenters. The third-order valence-electron chi connectivity index (χ3n) is 7.93. The minimum Gasteiger partial charge on any atom is -0.497 e. The smallest absolute Gasteiger partial charge is 0.222 e. The van der Waals surface area contributed by atoms with E-state index in [0.29, 0.717) is 12.5 Å². The second kappa shape index (κ2) is 12.5. The number of carbonyl (C=O) groups excluding carboxylic acids is 1. The van der Waals surface area contributed by atoms with E-state index in [4.69, 9.17) is 4.74 Å². The Labute approximate surface area is 209 Å². The summed E-state index contributed by atoms with van der Waals surface area (Å²) in [5, 5.41) is 0.0407. The molecule has 0 aromatic heterocycles. The lowest BCUT2D eigenvalue weighted by Gasteiger charge is -2.42. The zero-order valence-electron chi connectivity index (χ0n) is 22.1. The van der Waals surface area contributed by atoms with E-state index in [1.807, 2.05) is 26.0 Å². The minimum absolute atomic E-state index is 0.0407. The molecule has 6 nitrogen and oxygen atoms in total. The summed E-state index contributed by atoms with van der Waals surface area (Å²) < 4.78 is 18.7. The van der Waals surface area contributed by atoms with E-state index in [1.165, 1.54) is 25.9 Å². The topological polar surface area (TPSA) is 53.1 Å². The SMILES string of the molecule is COc1cc(C)c(S(=O)C(C)C(C)CCCC(=O)N2CCN(C3CCN(C)CC3)CC2)c(C)c1. The molecule has 3 atom stereocenters. The molecule has 192 valence electrons. The standard InChI is InChI=1S/C27H45N3O3S/c1-20(23(4)34(32)27-21(2)18-25(33-6)19-22(27)3)8-7-9-26(31)30-16-14-29(15-17-30)24-10-12-28(5)13-11-24/h18-20,23-24H,7-17H2,1-6H3. The summed E-state index contributed by atoms with van der Waals surface area (Å²) in [5.41, 5.74) is 2.03. The first-order valence-corrected chi connectivity index (χ1v) is 14.2. The highest BCUT2D eigenvalue weighted by atomic mass is 32.2. The van der Waals surface area contributed by atoms with Crippen LogP contribution in [0.4, 0.5) is 0 Å². The lowest BCUT2D eigenvalue weighted by atomic mass is 10.0. The summed E-state index contributed by atoms with van der Waals surface area (Å²) in [5.74, 6) is 1.38. The van der Waals surface area contributed by atoms with Gasteiger partial charge in [-0.3, -0.25) is 13.9 Å². The Morgan fingerprint density at radius 2 is 1.65 bits per heavy atom. The number of rotatable bonds is 9. The molecule has 0 N–H and O–H groups in total. The van der Waals surface area contributed by atoms with Gasteiger partial charge in [0.25, 0.3) is 0 Å². The van der Waals surface area contributed by atoms with Gasteiger partial charge >= 0.3 is 0 Å². The van der Waals surface area contributed by atoms with Crippen molar-refractivity contribution in [2.75, 3.05) is 53.4 Å². The second-order valence-electron chi connectivity index (χ2n) is 10.4. The first-order chi connectivity index (χ1) is 16.2. The van der Waals surface area contributed by atoms with Gasteiger partial charge in [0, 0.05) is 48.8 Å². The zero-order valence-corrected chi connectivity index (χ0v) is 23.0. The van der Waals surface area contributed by atoms with Gasteiger partial charge in [0.15, 0.2) is 0 Å². The number of piperazine rings is 1. The van der Waals surface area contributed by atoms with Crippen LogP contribution in [0.3, 0.4) is 0 Å². The number of amides is 1. The molecule has 1 amide bonds. The molecule has 2 aliphatic rings. The van der Waals surface area contributed by atoms with Crippen LogP contribution >= 0.6 is 0 Å². The highest BCUT2D eigenvalue weighted by Gasteiger charge is 2.28. The second-order valence-corrected chi connectivity index (χ2v) is 12.2. The highest BCUT2D eigenvalue weighted by molar-refractivity contribution is 7.85. The van der Waals surface area contributed by atoms with Crippen LogP contribution in [-0.2, 0) is 15.6 Å². The Morgan fingerprint density at radius 3 is 2.21 bits per heavy atom. The molecular weight excluding hydrogens is 446 g/mol. The van der Waals surface area contributed by atoms with Gasteiger partial charge < -0.3 is 14.5 Å². The summed E-state index contributed by atoms with van der Waals surface area (Å²) in [6, 6.07) is 4.61. The molecule has 0 bridgehead atoms. The quantitative estimate of drug-likeness (QED) is 0.525. The van der Waals surface area contributed by atoms with Crippen LogP contribution in [0.1, 0.15) is 57.1 Å². The molecule has 0 aliphatic carbocycles. The Kier molecular flexibility index (Phi) is 9.98. The van der Waals surface area contributed by atoms with E-state index < -0.39 is 10.8 Å². The van der Waals surface area contributed by atoms with Gasteiger partial charge in [-0.2, -0.15) is 0 Å². The van der Waals surface area contributed by atoms with Crippen LogP contribution in [0.5, 0.6) is 5.75 Å². The van der Waals surface area contributed by atoms with E-state index in [9.17, 15) is 9.00 Å². The maximum absolute atomic E-state index is 13.3. The number of hydrogen-bond donors (Lipinski definition) is 0. The van der Waals surface area contributed by atoms with Crippen LogP contribution in [0, 0.1) is 19.8 Å². The number of likely N-dealkylation sites (tertiary alicyclic amines) is 1. The van der Waals surface area contributed by atoms with E-state index in [0.717, 1.165) is 60.8 Å². The molecule has 2 aliphatic heterocycles. The largest absolute Gasteiger partial charge is 0.497 e. The van der Waals surface area contributed by atoms with Crippen LogP contribution in [0.15, 0.2) is 17.0 Å². The van der Waals surface area contributed by atoms with Crippen molar-refractivity contribution >= 4 is 16.7 Å². The van der Waals surface area contributed by atoms with Crippen molar-refractivity contribution in [2.45, 2.75) is 76.0 Å². The average molecular weight is 492 g/mol. The molecule has 2 saturated heterocycles. The average Bonchev–Trinajstić information content (AvgIpc) is 2.83. The molecule has 7 heteroatoms. The normalized spacial score (nSPS) is 21.3. The Hall–Kier alpha value is -1.44. The number of methoxy groups -OCH3 is 1. The van der Waals surface area contributed by atoms with Crippen molar-refractivity contribution in [3.63, 3.8) is 0 Å². The number of aryl methyl sites for hydroxylation is 2. The zero-order chi connectivity index (χ0) is 24.8. The number of benzene rings is 1. The van der Waals surface area contributed by atoms with Crippen molar-refractivity contribution in [3.05, 3.63) is 23.3 Å². The Balaban J connectivity index is 1.42. The molecule has 34 heavy (non-hydrogen) atoms. The number of ether oxygens (including phenoxy) is 1. The molecule has 1 aromatic rings. The van der Waals surface area contributed by atoms with Crippen LogP contribution in [-0.4, -0.2) is 89.5 Å². The Bertz CT molecular complexity index is 823. The number of carbonyl (C=O) groups is 1. The van der Waals surface area contributed by atoms with Gasteiger partial charge in [-0.05, 0) is 88.8 Å². The summed E-state index contributed by atoms with van der Waals surface area (Å²) in [6.45, 7) is 14.4. The summed E-state index contributed by atoms with van der Waals surface area (Å²) in [6.07, 6.45) is 4.87. The fraction of sp³-hybridized carbons (Fsp3) is 0.741. The molecule has 0 spiro atoms. The van der Waals surface area contributed by atoms with E-state index >= 15 is 0 Å². The molecular formula is C27H45N3O3S. The van der Waals surface area contributed by atoms with Crippen molar-refractivity contribution < 1.29 is 13.7 Å².